The van der Waals surface area contributed by atoms with Gasteiger partial charge in [0.2, 0.25) is 0 Å². The molecule has 0 aliphatic carbocycles. The normalized spacial score (nSPS) is 22.4. The molecule has 0 radical (unpaired) electrons. The van der Waals surface area contributed by atoms with Gasteiger partial charge in [-0.3, -0.25) is 14.8 Å². The molecule has 2 saturated heterocycles. The zero-order chi connectivity index (χ0) is 20.1. The second-order valence-electron chi connectivity index (χ2n) is 8.67. The number of likely N-dealkylation sites (tertiary alicyclic amines) is 2. The van der Waals surface area contributed by atoms with Crippen molar-refractivity contribution in [2.75, 3.05) is 32.8 Å². The summed E-state index contributed by atoms with van der Waals surface area (Å²) in [6, 6.07) is 14.3. The van der Waals surface area contributed by atoms with E-state index in [1.807, 2.05) is 30.6 Å². The number of aromatic nitrogens is 1. The van der Waals surface area contributed by atoms with E-state index in [4.69, 9.17) is 5.26 Å². The van der Waals surface area contributed by atoms with E-state index in [1.54, 1.807) is 0 Å². The number of nitrogens with zero attached hydrogens (tertiary/aromatic N) is 4. The number of nitriles is 1. The first-order chi connectivity index (χ1) is 14.2. The quantitative estimate of drug-likeness (QED) is 0.850. The fourth-order valence-electron chi connectivity index (χ4n) is 5.14. The van der Waals surface area contributed by atoms with Crippen molar-refractivity contribution in [1.29, 1.82) is 5.26 Å². The third-order valence-corrected chi connectivity index (χ3v) is 6.96. The first kappa shape index (κ1) is 20.0. The lowest BCUT2D eigenvalue weighted by molar-refractivity contribution is -0.0450. The van der Waals surface area contributed by atoms with Crippen LogP contribution in [0.4, 0.5) is 0 Å². The van der Waals surface area contributed by atoms with Crippen molar-refractivity contribution in [3.8, 4) is 6.07 Å². The van der Waals surface area contributed by atoms with Crippen LogP contribution in [0.1, 0.15) is 36.0 Å². The van der Waals surface area contributed by atoms with Crippen LogP contribution < -0.4 is 0 Å². The van der Waals surface area contributed by atoms with Crippen molar-refractivity contribution in [3.05, 3.63) is 65.5 Å². The van der Waals surface area contributed by atoms with E-state index in [1.165, 1.54) is 24.0 Å². The Balaban J connectivity index is 1.35. The minimum Gasteiger partial charge on any atom is -0.396 e. The fraction of sp³-hybridized carbons (Fsp3) is 0.500. The van der Waals surface area contributed by atoms with E-state index in [0.29, 0.717) is 5.92 Å². The molecule has 5 heteroatoms. The van der Waals surface area contributed by atoms with Crippen LogP contribution in [-0.4, -0.2) is 52.7 Å². The first-order valence-electron chi connectivity index (χ1n) is 10.6. The van der Waals surface area contributed by atoms with Crippen LogP contribution in [0.2, 0.25) is 0 Å². The fourth-order valence-corrected chi connectivity index (χ4v) is 5.14. The average molecular weight is 391 g/mol. The molecule has 0 bridgehead atoms. The first-order valence-corrected chi connectivity index (χ1v) is 10.6. The molecular formula is C24H30N4O. The van der Waals surface area contributed by atoms with Crippen molar-refractivity contribution in [2.45, 2.75) is 32.4 Å². The second kappa shape index (κ2) is 9.04. The molecular weight excluding hydrogens is 360 g/mol. The molecule has 0 saturated carbocycles. The van der Waals surface area contributed by atoms with E-state index in [9.17, 15) is 5.11 Å². The molecule has 1 aromatic heterocycles. The van der Waals surface area contributed by atoms with E-state index in [2.05, 4.69) is 39.1 Å². The topological polar surface area (TPSA) is 63.4 Å². The predicted molar refractivity (Wildman–Crippen MR) is 113 cm³/mol. The van der Waals surface area contributed by atoms with Crippen LogP contribution in [-0.2, 0) is 13.1 Å². The highest BCUT2D eigenvalue weighted by Gasteiger charge is 2.44. The third-order valence-electron chi connectivity index (χ3n) is 6.96. The van der Waals surface area contributed by atoms with Gasteiger partial charge in [-0.2, -0.15) is 5.26 Å². The Bertz CT molecular complexity index is 839. The molecule has 2 aliphatic heterocycles. The summed E-state index contributed by atoms with van der Waals surface area (Å²) in [6.45, 7) is 6.32. The summed E-state index contributed by atoms with van der Waals surface area (Å²) in [5.41, 5.74) is 3.50. The Morgan fingerprint density at radius 2 is 1.69 bits per heavy atom. The summed E-state index contributed by atoms with van der Waals surface area (Å²) >= 11 is 0. The van der Waals surface area contributed by atoms with Gasteiger partial charge in [0, 0.05) is 44.6 Å². The summed E-state index contributed by atoms with van der Waals surface area (Å²) < 4.78 is 0. The number of aliphatic hydroxyl groups is 1. The monoisotopic (exact) mass is 390 g/mol. The summed E-state index contributed by atoms with van der Waals surface area (Å²) in [7, 11) is 0. The lowest BCUT2D eigenvalue weighted by atomic mass is 9.64. The molecule has 2 fully saturated rings. The van der Waals surface area contributed by atoms with Gasteiger partial charge in [0.05, 0.1) is 11.6 Å². The molecule has 1 atom stereocenters. The van der Waals surface area contributed by atoms with E-state index in [0.717, 1.165) is 51.3 Å². The molecule has 4 rings (SSSR count). The van der Waals surface area contributed by atoms with Crippen LogP contribution in [0.25, 0.3) is 0 Å². The number of hydrogen-bond donors (Lipinski definition) is 1. The average Bonchev–Trinajstić information content (AvgIpc) is 2.77. The van der Waals surface area contributed by atoms with Crippen LogP contribution >= 0.6 is 0 Å². The van der Waals surface area contributed by atoms with Crippen molar-refractivity contribution in [3.63, 3.8) is 0 Å². The van der Waals surface area contributed by atoms with E-state index < -0.39 is 0 Å². The molecule has 1 aromatic carbocycles. The van der Waals surface area contributed by atoms with Gasteiger partial charge in [-0.15, -0.1) is 0 Å². The van der Waals surface area contributed by atoms with Gasteiger partial charge < -0.3 is 5.11 Å². The SMILES string of the molecule is N#Cc1cccc(CN2CCC3(CCN(Cc4ccncc4)CC3)C(CO)C2)c1. The Morgan fingerprint density at radius 1 is 1.00 bits per heavy atom. The second-order valence-corrected chi connectivity index (χ2v) is 8.67. The maximum absolute atomic E-state index is 10.2. The molecule has 3 heterocycles. The van der Waals surface area contributed by atoms with Crippen molar-refractivity contribution in [2.24, 2.45) is 11.3 Å². The highest BCUT2D eigenvalue weighted by atomic mass is 16.3. The molecule has 2 aliphatic rings. The zero-order valence-electron chi connectivity index (χ0n) is 17.0. The number of hydrogen-bond acceptors (Lipinski definition) is 5. The summed E-state index contributed by atoms with van der Waals surface area (Å²) in [5.74, 6) is 0.332. The number of aliphatic hydroxyl groups excluding tert-OH is 1. The van der Waals surface area contributed by atoms with Gasteiger partial charge >= 0.3 is 0 Å². The van der Waals surface area contributed by atoms with Gasteiger partial charge in [-0.1, -0.05) is 12.1 Å². The predicted octanol–water partition coefficient (Wildman–Crippen LogP) is 3.05. The van der Waals surface area contributed by atoms with E-state index in [-0.39, 0.29) is 12.0 Å². The minimum atomic E-state index is 0.263. The van der Waals surface area contributed by atoms with Gasteiger partial charge in [0.1, 0.15) is 0 Å². The van der Waals surface area contributed by atoms with Crippen LogP contribution in [0, 0.1) is 22.7 Å². The smallest absolute Gasteiger partial charge is 0.0991 e. The Hall–Kier alpha value is -2.26. The number of piperidine rings is 2. The minimum absolute atomic E-state index is 0.263. The van der Waals surface area contributed by atoms with Crippen molar-refractivity contribution in [1.82, 2.24) is 14.8 Å². The lowest BCUT2D eigenvalue weighted by Crippen LogP contribution is -2.53. The highest BCUT2D eigenvalue weighted by Crippen LogP contribution is 2.45. The van der Waals surface area contributed by atoms with E-state index >= 15 is 0 Å². The lowest BCUT2D eigenvalue weighted by Gasteiger charge is -2.51. The summed E-state index contributed by atoms with van der Waals surface area (Å²) in [5, 5.41) is 19.3. The highest BCUT2D eigenvalue weighted by molar-refractivity contribution is 5.32. The molecule has 2 aromatic rings. The van der Waals surface area contributed by atoms with Gasteiger partial charge in [-0.05, 0) is 79.7 Å². The molecule has 1 N–H and O–H groups in total. The number of pyridine rings is 1. The molecule has 29 heavy (non-hydrogen) atoms. The maximum atomic E-state index is 10.2. The van der Waals surface area contributed by atoms with Gasteiger partial charge in [0.25, 0.3) is 0 Å². The molecule has 1 unspecified atom stereocenters. The number of rotatable bonds is 5. The number of benzene rings is 1. The largest absolute Gasteiger partial charge is 0.396 e. The van der Waals surface area contributed by atoms with Crippen LogP contribution in [0.3, 0.4) is 0 Å². The van der Waals surface area contributed by atoms with Crippen molar-refractivity contribution < 1.29 is 5.11 Å². The Labute approximate surface area is 173 Å². The molecule has 152 valence electrons. The van der Waals surface area contributed by atoms with Crippen LogP contribution in [0.5, 0.6) is 0 Å². The van der Waals surface area contributed by atoms with Crippen LogP contribution in [0.15, 0.2) is 48.8 Å². The standard InChI is InChI=1S/C24H30N4O/c25-15-21-2-1-3-22(14-21)17-28-13-8-24(23(18-28)19-29)6-11-27(12-7-24)16-20-4-9-26-10-5-20/h1-5,9-10,14,23,29H,6-8,11-13,16-19H2. The zero-order valence-corrected chi connectivity index (χ0v) is 17.0. The van der Waals surface area contributed by atoms with Crippen molar-refractivity contribution >= 4 is 0 Å². The van der Waals surface area contributed by atoms with Gasteiger partial charge in [0.15, 0.2) is 0 Å². The van der Waals surface area contributed by atoms with Gasteiger partial charge in [-0.25, -0.2) is 0 Å². The molecule has 0 amide bonds. The Morgan fingerprint density at radius 3 is 2.38 bits per heavy atom. The third kappa shape index (κ3) is 4.67. The maximum Gasteiger partial charge on any atom is 0.0991 e. The Kier molecular flexibility index (Phi) is 6.25. The molecule has 1 spiro atoms. The molecule has 5 nitrogen and oxygen atoms in total. The summed E-state index contributed by atoms with van der Waals surface area (Å²) in [6.07, 6.45) is 7.22. The summed E-state index contributed by atoms with van der Waals surface area (Å²) in [4.78, 5) is 9.09.